The summed E-state index contributed by atoms with van der Waals surface area (Å²) in [4.78, 5) is 8.79. The quantitative estimate of drug-likeness (QED) is 0.790. The van der Waals surface area contributed by atoms with Crippen molar-refractivity contribution in [2.24, 2.45) is 7.05 Å². The molecular weight excluding hydrogens is 252 g/mol. The van der Waals surface area contributed by atoms with Crippen molar-refractivity contribution in [3.8, 4) is 0 Å². The Morgan fingerprint density at radius 2 is 2.20 bits per heavy atom. The van der Waals surface area contributed by atoms with E-state index >= 15 is 0 Å². The maximum atomic E-state index is 5.70. The highest BCUT2D eigenvalue weighted by atomic mass is 16.3. The van der Waals surface area contributed by atoms with E-state index in [4.69, 9.17) is 4.42 Å². The summed E-state index contributed by atoms with van der Waals surface area (Å²) in [6.07, 6.45) is 3.74. The van der Waals surface area contributed by atoms with E-state index in [9.17, 15) is 0 Å². The van der Waals surface area contributed by atoms with Crippen LogP contribution in [0.1, 0.15) is 31.5 Å². The molecular formula is C15H18N4O. The predicted molar refractivity (Wildman–Crippen MR) is 78.6 cm³/mol. The van der Waals surface area contributed by atoms with Crippen LogP contribution in [0, 0.1) is 0 Å². The van der Waals surface area contributed by atoms with Crippen molar-refractivity contribution in [3.05, 3.63) is 42.3 Å². The van der Waals surface area contributed by atoms with Crippen molar-refractivity contribution in [1.82, 2.24) is 14.5 Å². The molecule has 3 aromatic rings. The van der Waals surface area contributed by atoms with Crippen LogP contribution in [-0.4, -0.2) is 14.5 Å². The first-order valence-electron chi connectivity index (χ1n) is 6.74. The standard InChI is InChI=1S/C15H18N4O/c1-10(2)15-18-12-8-11(4-5-13(12)20-15)17-9-14-16-6-7-19(14)3/h4-8,10,17H,9H2,1-3H3. The van der Waals surface area contributed by atoms with E-state index in [0.717, 1.165) is 28.5 Å². The molecule has 1 aromatic carbocycles. The first-order valence-corrected chi connectivity index (χ1v) is 6.74. The number of aryl methyl sites for hydroxylation is 1. The Morgan fingerprint density at radius 3 is 2.90 bits per heavy atom. The minimum Gasteiger partial charge on any atom is -0.440 e. The number of benzene rings is 1. The summed E-state index contributed by atoms with van der Waals surface area (Å²) in [7, 11) is 1.99. The van der Waals surface area contributed by atoms with Gasteiger partial charge in [0.15, 0.2) is 11.5 Å². The van der Waals surface area contributed by atoms with Gasteiger partial charge in [-0.3, -0.25) is 0 Å². The zero-order valence-electron chi connectivity index (χ0n) is 11.9. The maximum Gasteiger partial charge on any atom is 0.198 e. The van der Waals surface area contributed by atoms with Gasteiger partial charge in [0.2, 0.25) is 0 Å². The molecule has 5 heteroatoms. The molecule has 0 unspecified atom stereocenters. The second-order valence-electron chi connectivity index (χ2n) is 5.20. The zero-order chi connectivity index (χ0) is 14.1. The normalized spacial score (nSPS) is 11.4. The maximum absolute atomic E-state index is 5.70. The number of imidazole rings is 1. The molecule has 2 aromatic heterocycles. The predicted octanol–water partition coefficient (Wildman–Crippen LogP) is 3.30. The fourth-order valence-electron chi connectivity index (χ4n) is 2.05. The SMILES string of the molecule is CC(C)c1nc2cc(NCc3nccn3C)ccc2o1. The number of nitrogens with one attached hydrogen (secondary N) is 1. The Labute approximate surface area is 117 Å². The summed E-state index contributed by atoms with van der Waals surface area (Å²) in [5.41, 5.74) is 2.74. The Morgan fingerprint density at radius 1 is 1.35 bits per heavy atom. The van der Waals surface area contributed by atoms with Gasteiger partial charge in [-0.2, -0.15) is 0 Å². The van der Waals surface area contributed by atoms with Crippen LogP contribution in [0.2, 0.25) is 0 Å². The van der Waals surface area contributed by atoms with E-state index in [2.05, 4.69) is 29.1 Å². The van der Waals surface area contributed by atoms with Gasteiger partial charge < -0.3 is 14.3 Å². The molecule has 104 valence electrons. The lowest BCUT2D eigenvalue weighted by Crippen LogP contribution is -2.05. The number of oxazole rings is 1. The van der Waals surface area contributed by atoms with Crippen LogP contribution < -0.4 is 5.32 Å². The third-order valence-electron chi connectivity index (χ3n) is 3.27. The van der Waals surface area contributed by atoms with E-state index in [0.29, 0.717) is 12.5 Å². The van der Waals surface area contributed by atoms with E-state index in [-0.39, 0.29) is 0 Å². The molecule has 0 aliphatic heterocycles. The Balaban J connectivity index is 1.80. The van der Waals surface area contributed by atoms with Gasteiger partial charge in [0, 0.05) is 31.0 Å². The fraction of sp³-hybridized carbons (Fsp3) is 0.333. The van der Waals surface area contributed by atoms with Crippen LogP contribution in [0.25, 0.3) is 11.1 Å². The van der Waals surface area contributed by atoms with Crippen molar-refractivity contribution < 1.29 is 4.42 Å². The molecule has 0 atom stereocenters. The molecule has 0 aliphatic rings. The smallest absolute Gasteiger partial charge is 0.198 e. The number of hydrogen-bond donors (Lipinski definition) is 1. The topological polar surface area (TPSA) is 55.9 Å². The minimum atomic E-state index is 0.298. The highest BCUT2D eigenvalue weighted by Gasteiger charge is 2.09. The van der Waals surface area contributed by atoms with Gasteiger partial charge in [-0.05, 0) is 18.2 Å². The largest absolute Gasteiger partial charge is 0.440 e. The number of anilines is 1. The summed E-state index contributed by atoms with van der Waals surface area (Å²) in [6, 6.07) is 5.96. The number of nitrogens with zero attached hydrogens (tertiary/aromatic N) is 3. The zero-order valence-corrected chi connectivity index (χ0v) is 11.9. The molecule has 2 heterocycles. The fourth-order valence-corrected chi connectivity index (χ4v) is 2.05. The average molecular weight is 270 g/mol. The molecule has 0 saturated heterocycles. The molecule has 5 nitrogen and oxygen atoms in total. The lowest BCUT2D eigenvalue weighted by molar-refractivity contribution is 0.501. The summed E-state index contributed by atoms with van der Waals surface area (Å²) < 4.78 is 7.70. The molecule has 0 bridgehead atoms. The van der Waals surface area contributed by atoms with Crippen molar-refractivity contribution in [1.29, 1.82) is 0 Å². The van der Waals surface area contributed by atoms with Crippen molar-refractivity contribution >= 4 is 16.8 Å². The van der Waals surface area contributed by atoms with E-state index in [1.807, 2.05) is 36.0 Å². The van der Waals surface area contributed by atoms with Crippen LogP contribution in [0.15, 0.2) is 35.0 Å². The van der Waals surface area contributed by atoms with Crippen LogP contribution in [0.4, 0.5) is 5.69 Å². The molecule has 0 amide bonds. The van der Waals surface area contributed by atoms with Crippen LogP contribution in [0.5, 0.6) is 0 Å². The van der Waals surface area contributed by atoms with Crippen molar-refractivity contribution in [3.63, 3.8) is 0 Å². The van der Waals surface area contributed by atoms with Crippen LogP contribution >= 0.6 is 0 Å². The number of fused-ring (bicyclic) bond motifs is 1. The van der Waals surface area contributed by atoms with Gasteiger partial charge in [-0.25, -0.2) is 9.97 Å². The highest BCUT2D eigenvalue weighted by Crippen LogP contribution is 2.23. The molecule has 0 aliphatic carbocycles. The minimum absolute atomic E-state index is 0.298. The highest BCUT2D eigenvalue weighted by molar-refractivity contribution is 5.77. The van der Waals surface area contributed by atoms with E-state index in [1.165, 1.54) is 0 Å². The number of aromatic nitrogens is 3. The van der Waals surface area contributed by atoms with Gasteiger partial charge in [-0.1, -0.05) is 13.8 Å². The van der Waals surface area contributed by atoms with E-state index in [1.54, 1.807) is 6.20 Å². The molecule has 20 heavy (non-hydrogen) atoms. The lowest BCUT2D eigenvalue weighted by Gasteiger charge is -2.05. The second kappa shape index (κ2) is 5.00. The summed E-state index contributed by atoms with van der Waals surface area (Å²) in [6.45, 7) is 4.83. The van der Waals surface area contributed by atoms with Gasteiger partial charge >= 0.3 is 0 Å². The molecule has 0 saturated carbocycles. The molecule has 0 fully saturated rings. The number of hydrogen-bond acceptors (Lipinski definition) is 4. The monoisotopic (exact) mass is 270 g/mol. The van der Waals surface area contributed by atoms with E-state index < -0.39 is 0 Å². The van der Waals surface area contributed by atoms with Crippen LogP contribution in [0.3, 0.4) is 0 Å². The van der Waals surface area contributed by atoms with Gasteiger partial charge in [0.05, 0.1) is 6.54 Å². The molecule has 1 N–H and O–H groups in total. The van der Waals surface area contributed by atoms with Gasteiger partial charge in [0.1, 0.15) is 11.3 Å². The first-order chi connectivity index (χ1) is 9.63. The van der Waals surface area contributed by atoms with Crippen molar-refractivity contribution in [2.75, 3.05) is 5.32 Å². The van der Waals surface area contributed by atoms with Crippen LogP contribution in [-0.2, 0) is 13.6 Å². The average Bonchev–Trinajstić information content (AvgIpc) is 3.01. The molecule has 0 radical (unpaired) electrons. The molecule has 0 spiro atoms. The second-order valence-corrected chi connectivity index (χ2v) is 5.20. The summed E-state index contributed by atoms with van der Waals surface area (Å²) >= 11 is 0. The Hall–Kier alpha value is -2.30. The molecule has 3 rings (SSSR count). The Kier molecular flexibility index (Phi) is 3.18. The van der Waals surface area contributed by atoms with Gasteiger partial charge in [0.25, 0.3) is 0 Å². The summed E-state index contributed by atoms with van der Waals surface area (Å²) in [5, 5.41) is 3.35. The number of rotatable bonds is 4. The third kappa shape index (κ3) is 2.39. The van der Waals surface area contributed by atoms with Crippen molar-refractivity contribution in [2.45, 2.75) is 26.3 Å². The Bertz CT molecular complexity index is 726. The summed E-state index contributed by atoms with van der Waals surface area (Å²) in [5.74, 6) is 2.07. The lowest BCUT2D eigenvalue weighted by atomic mass is 10.2. The third-order valence-corrected chi connectivity index (χ3v) is 3.27. The van der Waals surface area contributed by atoms with Gasteiger partial charge in [-0.15, -0.1) is 0 Å². The first kappa shape index (κ1) is 12.7.